The van der Waals surface area contributed by atoms with Crippen molar-refractivity contribution in [3.8, 4) is 0 Å². The van der Waals surface area contributed by atoms with Crippen molar-refractivity contribution >= 4 is 68.9 Å². The number of fused-ring (bicyclic) bond motifs is 1. The molecule has 0 spiro atoms. The topological polar surface area (TPSA) is 41.6 Å². The molecule has 0 amide bonds. The van der Waals surface area contributed by atoms with E-state index in [-0.39, 0.29) is 0 Å². The van der Waals surface area contributed by atoms with Crippen LogP contribution >= 0.6 is 0 Å². The highest BCUT2D eigenvalue weighted by atomic mass is 14.9. The summed E-state index contributed by atoms with van der Waals surface area (Å²) in [7, 11) is 25.8. The van der Waals surface area contributed by atoms with E-state index in [1.165, 1.54) is 0 Å². The fraction of sp³-hybridized carbons (Fsp3) is 0.250. The molecule has 2 rings (SSSR count). The van der Waals surface area contributed by atoms with E-state index in [1.807, 2.05) is 19.9 Å². The molecule has 0 unspecified atom stereocenters. The Labute approximate surface area is 123 Å². The average Bonchev–Trinajstić information content (AvgIpc) is 2.89. The van der Waals surface area contributed by atoms with Crippen LogP contribution in [0, 0.1) is 0 Å². The van der Waals surface area contributed by atoms with Crippen LogP contribution in [0.2, 0.25) is 0 Å². The van der Waals surface area contributed by atoms with Crippen LogP contribution in [0.15, 0.2) is 24.8 Å². The lowest BCUT2D eigenvalue weighted by Crippen LogP contribution is -2.52. The largest absolute Gasteiger partial charge is 0.343 e. The Bertz CT molecular complexity index is 410. The van der Waals surface area contributed by atoms with E-state index in [1.54, 1.807) is 18.7 Å². The quantitative estimate of drug-likeness (QED) is 0.675. The maximum Gasteiger partial charge on any atom is 0.0932 e. The summed E-state index contributed by atoms with van der Waals surface area (Å²) in [4.78, 5) is 10.9. The van der Waals surface area contributed by atoms with Gasteiger partial charge >= 0.3 is 0 Å². The first-order chi connectivity index (χ1) is 9.02. The molecule has 2 aromatic rings. The molecule has 1 N–H and O–H groups in total. The Morgan fingerprint density at radius 3 is 2.05 bits per heavy atom. The predicted molar refractivity (Wildman–Crippen MR) is 91.3 cm³/mol. The number of H-pyrrole nitrogens is 1. The summed E-state index contributed by atoms with van der Waals surface area (Å²) in [5, 5.41) is 0. The molecule has 0 fully saturated rings. The minimum absolute atomic E-state index is 0.519. The molecule has 3 nitrogen and oxygen atoms in total. The fourth-order valence-corrected chi connectivity index (χ4v) is 1.04. The number of aromatic nitrogens is 3. The molecule has 0 atom stereocenters. The molecule has 2 heterocycles. The molecular formula is C8H11B8N3. The molecule has 0 aromatic carbocycles. The van der Waals surface area contributed by atoms with E-state index in [0.717, 1.165) is 11.0 Å². The zero-order valence-electron chi connectivity index (χ0n) is 11.3. The average molecular weight is 236 g/mol. The van der Waals surface area contributed by atoms with Gasteiger partial charge in [0, 0.05) is 64.0 Å². The van der Waals surface area contributed by atoms with Gasteiger partial charge in [-0.2, -0.15) is 0 Å². The van der Waals surface area contributed by atoms with E-state index >= 15 is 0 Å². The highest BCUT2D eigenvalue weighted by Crippen LogP contribution is 2.03. The van der Waals surface area contributed by atoms with Crippen LogP contribution < -0.4 is 0 Å². The number of aromatic amines is 1. The van der Waals surface area contributed by atoms with E-state index in [2.05, 4.69) is 15.0 Å². The maximum atomic E-state index is 5.26. The summed E-state index contributed by atoms with van der Waals surface area (Å²) in [5.74, 6) is 0. The van der Waals surface area contributed by atoms with Gasteiger partial charge in [0.25, 0.3) is 0 Å². The highest BCUT2D eigenvalue weighted by molar-refractivity contribution is 7.89. The lowest BCUT2D eigenvalue weighted by Gasteiger charge is -2.13. The number of hydrogen-bond donors (Lipinski definition) is 1. The van der Waals surface area contributed by atoms with Gasteiger partial charge in [0.05, 0.1) is 23.6 Å². The van der Waals surface area contributed by atoms with Gasteiger partial charge in [-0.1, -0.05) is 13.8 Å². The van der Waals surface area contributed by atoms with Crippen molar-refractivity contribution in [1.82, 2.24) is 15.0 Å². The first kappa shape index (κ1) is 18.1. The zero-order valence-corrected chi connectivity index (χ0v) is 11.3. The number of nitrogens with zero attached hydrogens (tertiary/aromatic N) is 2. The van der Waals surface area contributed by atoms with Crippen molar-refractivity contribution < 1.29 is 0 Å². The monoisotopic (exact) mass is 237 g/mol. The second kappa shape index (κ2) is 9.99. The Hall–Kier alpha value is -0.861. The highest BCUT2D eigenvalue weighted by Gasteiger charge is 2.14. The molecule has 19 heavy (non-hydrogen) atoms. The van der Waals surface area contributed by atoms with Crippen molar-refractivity contribution in [3.05, 3.63) is 24.8 Å². The number of imidazole rings is 1. The summed E-state index contributed by atoms with van der Waals surface area (Å²) in [6.07, 6.45) is 3.36. The van der Waals surface area contributed by atoms with Crippen LogP contribution in [-0.4, -0.2) is 72.8 Å². The fourth-order valence-electron chi connectivity index (χ4n) is 1.04. The zero-order chi connectivity index (χ0) is 14.8. The number of pyridine rings is 1. The normalized spacial score (nSPS) is 8.53. The minimum Gasteiger partial charge on any atom is -0.343 e. The van der Waals surface area contributed by atoms with Gasteiger partial charge < -0.3 is 4.98 Å². The van der Waals surface area contributed by atoms with Crippen LogP contribution in [0.5, 0.6) is 0 Å². The third kappa shape index (κ3) is 6.74. The van der Waals surface area contributed by atoms with Crippen LogP contribution in [0.4, 0.5) is 0 Å². The van der Waals surface area contributed by atoms with E-state index in [4.69, 9.17) is 38.7 Å². The molecule has 11 heteroatoms. The Kier molecular flexibility index (Phi) is 9.54. The molecule has 10 radical (unpaired) electrons. The van der Waals surface area contributed by atoms with Crippen LogP contribution in [0.3, 0.4) is 0 Å². The third-order valence-electron chi connectivity index (χ3n) is 2.11. The van der Waals surface area contributed by atoms with E-state index in [9.17, 15) is 0 Å². The predicted octanol–water partition coefficient (Wildman–Crippen LogP) is -1.06. The SMILES string of the molecule is CC.[B]B([B])B([B])B([B])[B].c1cc2nc[nH]c2cn1. The second-order valence-corrected chi connectivity index (χ2v) is 3.53. The van der Waals surface area contributed by atoms with Gasteiger partial charge in [-0.05, 0) is 6.07 Å². The number of hydrogen-bond acceptors (Lipinski definition) is 2. The summed E-state index contributed by atoms with van der Waals surface area (Å²) >= 11 is 0. The Balaban J connectivity index is 0.000000305. The molecule has 0 saturated carbocycles. The summed E-state index contributed by atoms with van der Waals surface area (Å²) in [6.45, 7) is 4.00. The Morgan fingerprint density at radius 2 is 1.63 bits per heavy atom. The van der Waals surface area contributed by atoms with Crippen molar-refractivity contribution in [2.75, 3.05) is 0 Å². The molecule has 2 aromatic heterocycles. The molecule has 0 saturated heterocycles. The van der Waals surface area contributed by atoms with Crippen molar-refractivity contribution in [1.29, 1.82) is 0 Å². The summed E-state index contributed by atoms with van der Waals surface area (Å²) in [6, 6.07) is 1.87. The number of rotatable bonds is 2. The van der Waals surface area contributed by atoms with Gasteiger partial charge in [-0.15, -0.1) is 0 Å². The van der Waals surface area contributed by atoms with Crippen LogP contribution in [-0.2, 0) is 0 Å². The van der Waals surface area contributed by atoms with Gasteiger partial charge in [0.1, 0.15) is 0 Å². The summed E-state index contributed by atoms with van der Waals surface area (Å²) < 4.78 is 0. The van der Waals surface area contributed by atoms with E-state index < -0.39 is 19.2 Å². The van der Waals surface area contributed by atoms with Gasteiger partial charge in [-0.25, -0.2) is 4.98 Å². The van der Waals surface area contributed by atoms with Crippen molar-refractivity contribution in [3.63, 3.8) is 0 Å². The molecule has 0 aliphatic heterocycles. The van der Waals surface area contributed by atoms with Gasteiger partial charge in [0.15, 0.2) is 0 Å². The molecular weight excluding hydrogens is 225 g/mol. The Morgan fingerprint density at radius 1 is 1.05 bits per heavy atom. The van der Waals surface area contributed by atoms with Crippen molar-refractivity contribution in [2.24, 2.45) is 0 Å². The third-order valence-corrected chi connectivity index (χ3v) is 2.11. The molecule has 0 bridgehead atoms. The van der Waals surface area contributed by atoms with Crippen LogP contribution in [0.25, 0.3) is 11.0 Å². The standard InChI is InChI=1S/C6H5N3.C2H6.B8/c1-2-7-3-6-5(1)8-4-9-6;1-2;1-6(2)8(5)7(3)4/h1-4H,(H,8,9);1-2H3;. The van der Waals surface area contributed by atoms with Gasteiger partial charge in [-0.3, -0.25) is 4.98 Å². The molecule has 0 aliphatic carbocycles. The maximum absolute atomic E-state index is 5.26. The smallest absolute Gasteiger partial charge is 0.0932 e. The van der Waals surface area contributed by atoms with Gasteiger partial charge in [0.2, 0.25) is 0 Å². The number of nitrogens with one attached hydrogen (secondary N) is 1. The second-order valence-electron chi connectivity index (χ2n) is 3.53. The molecule has 0 aliphatic rings. The lowest BCUT2D eigenvalue weighted by atomic mass is 8.68. The summed E-state index contributed by atoms with van der Waals surface area (Å²) in [5.41, 5.74) is 1.95. The first-order valence-corrected chi connectivity index (χ1v) is 6.03. The molecule has 82 valence electrons. The van der Waals surface area contributed by atoms with Crippen molar-refractivity contribution in [2.45, 2.75) is 13.8 Å². The lowest BCUT2D eigenvalue weighted by molar-refractivity contribution is 1.33. The minimum atomic E-state index is -0.630. The van der Waals surface area contributed by atoms with E-state index in [0.29, 0.717) is 0 Å². The van der Waals surface area contributed by atoms with Crippen LogP contribution in [0.1, 0.15) is 13.8 Å². The first-order valence-electron chi connectivity index (χ1n) is 6.03.